The number of carbonyl (C=O) groups excluding carboxylic acids is 1. The summed E-state index contributed by atoms with van der Waals surface area (Å²) < 4.78 is 33.4. The van der Waals surface area contributed by atoms with Gasteiger partial charge in [-0.3, -0.25) is 9.10 Å². The third-order valence-corrected chi connectivity index (χ3v) is 7.62. The van der Waals surface area contributed by atoms with Crippen molar-refractivity contribution in [1.29, 1.82) is 0 Å². The van der Waals surface area contributed by atoms with E-state index in [2.05, 4.69) is 5.32 Å². The molecule has 34 heavy (non-hydrogen) atoms. The van der Waals surface area contributed by atoms with Crippen LogP contribution in [-0.4, -0.2) is 28.0 Å². The van der Waals surface area contributed by atoms with Crippen molar-refractivity contribution in [2.24, 2.45) is 0 Å². The fourth-order valence-corrected chi connectivity index (χ4v) is 5.22. The molecule has 0 saturated heterocycles. The Labute approximate surface area is 206 Å². The number of benzene rings is 3. The van der Waals surface area contributed by atoms with Gasteiger partial charge in [0, 0.05) is 5.02 Å². The van der Waals surface area contributed by atoms with Crippen LogP contribution in [0, 0.1) is 13.8 Å². The summed E-state index contributed by atoms with van der Waals surface area (Å²) in [6, 6.07) is 18.4. The summed E-state index contributed by atoms with van der Waals surface area (Å²) in [7, 11) is -2.38. The summed E-state index contributed by atoms with van der Waals surface area (Å²) in [5.41, 5.74) is 3.18. The normalized spacial score (nSPS) is 12.1. The Bertz CT molecular complexity index is 1240. The highest BCUT2D eigenvalue weighted by atomic mass is 35.5. The van der Waals surface area contributed by atoms with Gasteiger partial charge in [0.1, 0.15) is 12.3 Å². The minimum Gasteiger partial charge on any atom is -0.496 e. The number of sulfonamides is 1. The van der Waals surface area contributed by atoms with Crippen LogP contribution in [-0.2, 0) is 14.8 Å². The molecular formula is C26H29ClN2O4S. The minimum absolute atomic E-state index is 0.110. The maximum absolute atomic E-state index is 13.5. The highest BCUT2D eigenvalue weighted by Gasteiger charge is 2.28. The molecule has 0 aliphatic carbocycles. The molecule has 0 bridgehead atoms. The number of ether oxygens (including phenoxy) is 1. The average molecular weight is 501 g/mol. The van der Waals surface area contributed by atoms with Gasteiger partial charge in [-0.15, -0.1) is 0 Å². The molecule has 0 saturated carbocycles. The van der Waals surface area contributed by atoms with Crippen LogP contribution in [0.15, 0.2) is 71.6 Å². The zero-order valence-electron chi connectivity index (χ0n) is 19.7. The Kier molecular flexibility index (Phi) is 8.23. The van der Waals surface area contributed by atoms with Crippen LogP contribution in [0.1, 0.15) is 36.1 Å². The van der Waals surface area contributed by atoms with Crippen molar-refractivity contribution in [3.8, 4) is 5.75 Å². The van der Waals surface area contributed by atoms with E-state index in [-0.39, 0.29) is 17.5 Å². The first-order valence-electron chi connectivity index (χ1n) is 10.9. The van der Waals surface area contributed by atoms with Crippen LogP contribution in [0.4, 0.5) is 5.69 Å². The standard InChI is InChI=1S/C26H29ClN2O4S/c1-5-24(20-8-15-25(33-4)19(3)16-20)28-26(30)17-29(22-11-9-21(27)10-12-22)34(31,32)23-13-6-18(2)7-14-23/h6-16,24H,5,17H2,1-4H3,(H,28,30)/t24-/m1/s1. The second-order valence-corrected chi connectivity index (χ2v) is 10.4. The van der Waals surface area contributed by atoms with Crippen molar-refractivity contribution in [2.45, 2.75) is 38.1 Å². The van der Waals surface area contributed by atoms with Gasteiger partial charge >= 0.3 is 0 Å². The molecule has 3 rings (SSSR count). The van der Waals surface area contributed by atoms with E-state index >= 15 is 0 Å². The first kappa shape index (κ1) is 25.6. The number of anilines is 1. The van der Waals surface area contributed by atoms with E-state index in [1.54, 1.807) is 55.6 Å². The van der Waals surface area contributed by atoms with E-state index in [1.807, 2.05) is 39.0 Å². The molecule has 3 aromatic rings. The first-order chi connectivity index (χ1) is 16.1. The Morgan fingerprint density at radius 3 is 2.24 bits per heavy atom. The lowest BCUT2D eigenvalue weighted by Gasteiger charge is -2.26. The van der Waals surface area contributed by atoms with Gasteiger partial charge in [-0.2, -0.15) is 0 Å². The number of aryl methyl sites for hydroxylation is 2. The number of hydrogen-bond acceptors (Lipinski definition) is 4. The lowest BCUT2D eigenvalue weighted by molar-refractivity contribution is -0.120. The molecule has 0 spiro atoms. The highest BCUT2D eigenvalue weighted by Crippen LogP contribution is 2.27. The number of nitrogens with zero attached hydrogens (tertiary/aromatic N) is 1. The number of hydrogen-bond donors (Lipinski definition) is 1. The molecule has 6 nitrogen and oxygen atoms in total. The zero-order chi connectivity index (χ0) is 24.9. The predicted octanol–water partition coefficient (Wildman–Crippen LogP) is 5.43. The molecule has 3 aromatic carbocycles. The van der Waals surface area contributed by atoms with Crippen LogP contribution in [0.25, 0.3) is 0 Å². The van der Waals surface area contributed by atoms with E-state index in [4.69, 9.17) is 16.3 Å². The average Bonchev–Trinajstić information content (AvgIpc) is 2.82. The lowest BCUT2D eigenvalue weighted by atomic mass is 10.0. The fraction of sp³-hybridized carbons (Fsp3) is 0.269. The number of nitrogens with one attached hydrogen (secondary N) is 1. The zero-order valence-corrected chi connectivity index (χ0v) is 21.3. The third-order valence-electron chi connectivity index (χ3n) is 5.58. The van der Waals surface area contributed by atoms with Gasteiger partial charge in [0.05, 0.1) is 23.7 Å². The second kappa shape index (κ2) is 10.9. The van der Waals surface area contributed by atoms with Gasteiger partial charge in [-0.05, 0) is 73.9 Å². The molecule has 0 heterocycles. The Balaban J connectivity index is 1.89. The second-order valence-electron chi connectivity index (χ2n) is 8.06. The van der Waals surface area contributed by atoms with Crippen molar-refractivity contribution in [3.05, 3.63) is 88.4 Å². The van der Waals surface area contributed by atoms with E-state index < -0.39 is 15.9 Å². The molecule has 0 fully saturated rings. The molecule has 1 amide bonds. The van der Waals surface area contributed by atoms with E-state index in [0.717, 1.165) is 26.7 Å². The summed E-state index contributed by atoms with van der Waals surface area (Å²) in [4.78, 5) is 13.2. The summed E-state index contributed by atoms with van der Waals surface area (Å²) in [5.74, 6) is 0.356. The number of methoxy groups -OCH3 is 1. The molecule has 1 N–H and O–H groups in total. The van der Waals surface area contributed by atoms with Crippen LogP contribution in [0.5, 0.6) is 5.75 Å². The van der Waals surface area contributed by atoms with Gasteiger partial charge in [-0.25, -0.2) is 8.42 Å². The fourth-order valence-electron chi connectivity index (χ4n) is 3.67. The SMILES string of the molecule is CC[C@@H](NC(=O)CN(c1ccc(Cl)cc1)S(=O)(=O)c1ccc(C)cc1)c1ccc(OC)c(C)c1. The maximum atomic E-state index is 13.5. The molecular weight excluding hydrogens is 472 g/mol. The number of halogens is 1. The molecule has 180 valence electrons. The van der Waals surface area contributed by atoms with Crippen molar-refractivity contribution in [2.75, 3.05) is 18.0 Å². The lowest BCUT2D eigenvalue weighted by Crippen LogP contribution is -2.42. The van der Waals surface area contributed by atoms with Gasteiger partial charge in [0.15, 0.2) is 0 Å². The quantitative estimate of drug-likeness (QED) is 0.425. The maximum Gasteiger partial charge on any atom is 0.264 e. The molecule has 0 aromatic heterocycles. The molecule has 1 atom stereocenters. The molecule has 8 heteroatoms. The van der Waals surface area contributed by atoms with Crippen molar-refractivity contribution < 1.29 is 17.9 Å². The highest BCUT2D eigenvalue weighted by molar-refractivity contribution is 7.92. The smallest absolute Gasteiger partial charge is 0.264 e. The molecule has 0 aliphatic rings. The van der Waals surface area contributed by atoms with Crippen LogP contribution < -0.4 is 14.4 Å². The van der Waals surface area contributed by atoms with Crippen LogP contribution in [0.2, 0.25) is 5.02 Å². The van der Waals surface area contributed by atoms with E-state index in [1.165, 1.54) is 0 Å². The first-order valence-corrected chi connectivity index (χ1v) is 12.8. The molecule has 0 radical (unpaired) electrons. The minimum atomic E-state index is -3.99. The number of amides is 1. The van der Waals surface area contributed by atoms with Crippen LogP contribution >= 0.6 is 11.6 Å². The topological polar surface area (TPSA) is 75.7 Å². The van der Waals surface area contributed by atoms with E-state index in [9.17, 15) is 13.2 Å². The Morgan fingerprint density at radius 2 is 1.68 bits per heavy atom. The van der Waals surface area contributed by atoms with Crippen LogP contribution in [0.3, 0.4) is 0 Å². The number of rotatable bonds is 9. The third kappa shape index (κ3) is 5.90. The predicted molar refractivity (Wildman–Crippen MR) is 136 cm³/mol. The molecule has 0 unspecified atom stereocenters. The summed E-state index contributed by atoms with van der Waals surface area (Å²) in [6.07, 6.45) is 0.642. The van der Waals surface area contributed by atoms with Crippen molar-refractivity contribution in [1.82, 2.24) is 5.32 Å². The Morgan fingerprint density at radius 1 is 1.03 bits per heavy atom. The number of carbonyl (C=O) groups is 1. The van der Waals surface area contributed by atoms with Gasteiger partial charge in [0.2, 0.25) is 5.91 Å². The largest absolute Gasteiger partial charge is 0.496 e. The monoisotopic (exact) mass is 500 g/mol. The van der Waals surface area contributed by atoms with Crippen molar-refractivity contribution >= 4 is 33.2 Å². The summed E-state index contributed by atoms with van der Waals surface area (Å²) >= 11 is 6.00. The molecule has 0 aliphatic heterocycles. The van der Waals surface area contributed by atoms with E-state index in [0.29, 0.717) is 17.1 Å². The van der Waals surface area contributed by atoms with Gasteiger partial charge in [0.25, 0.3) is 10.0 Å². The van der Waals surface area contributed by atoms with Gasteiger partial charge < -0.3 is 10.1 Å². The summed E-state index contributed by atoms with van der Waals surface area (Å²) in [5, 5.41) is 3.45. The summed E-state index contributed by atoms with van der Waals surface area (Å²) in [6.45, 7) is 5.41. The Hall–Kier alpha value is -3.03. The van der Waals surface area contributed by atoms with Gasteiger partial charge in [-0.1, -0.05) is 48.4 Å². The van der Waals surface area contributed by atoms with Crippen molar-refractivity contribution in [3.63, 3.8) is 0 Å².